The summed E-state index contributed by atoms with van der Waals surface area (Å²) < 4.78 is 0. The molecule has 0 rings (SSSR count). The second kappa shape index (κ2) is 28.7. The van der Waals surface area contributed by atoms with Gasteiger partial charge in [-0.25, -0.2) is 0 Å². The first-order valence-electron chi connectivity index (χ1n) is 11.4. The quantitative estimate of drug-likeness (QED) is 0.566. The van der Waals surface area contributed by atoms with Gasteiger partial charge in [-0.2, -0.15) is 0 Å². The molecule has 0 aliphatic rings. The highest BCUT2D eigenvalue weighted by molar-refractivity contribution is 5.85. The van der Waals surface area contributed by atoms with Crippen LogP contribution in [0, 0.1) is 195 Å². The molecule has 1 amide bonds. The van der Waals surface area contributed by atoms with Gasteiger partial charge in [0.1, 0.15) is 0 Å². The SMILES string of the molecule is CC#CC#CC#CC#CC#CC#CC#CC#CC(C#CC#CC#CC#CC#CC#CC#CC#CC)C(=O)NCCC. The Hall–Kier alpha value is -7.57. The van der Waals surface area contributed by atoms with E-state index in [4.69, 9.17) is 0 Å². The molecule has 0 saturated heterocycles. The van der Waals surface area contributed by atoms with Gasteiger partial charge < -0.3 is 5.32 Å². The van der Waals surface area contributed by atoms with Crippen molar-refractivity contribution >= 4 is 5.91 Å². The summed E-state index contributed by atoms with van der Waals surface area (Å²) in [7, 11) is 0. The minimum absolute atomic E-state index is 0.346. The van der Waals surface area contributed by atoms with Crippen molar-refractivity contribution in [1.29, 1.82) is 0 Å². The molecule has 0 atom stereocenters. The molecule has 0 radical (unpaired) electrons. The van der Waals surface area contributed by atoms with E-state index in [-0.39, 0.29) is 5.91 Å². The Morgan fingerprint density at radius 3 is 0.927 bits per heavy atom. The number of rotatable bonds is 3. The van der Waals surface area contributed by atoms with Crippen molar-refractivity contribution in [2.45, 2.75) is 27.2 Å². The van der Waals surface area contributed by atoms with E-state index in [2.05, 4.69) is 195 Å². The van der Waals surface area contributed by atoms with E-state index in [0.29, 0.717) is 6.54 Å². The zero-order valence-corrected chi connectivity index (χ0v) is 22.4. The third-order valence-electron chi connectivity index (χ3n) is 3.12. The largest absolute Gasteiger partial charge is 0.354 e. The molecule has 41 heavy (non-hydrogen) atoms. The molecule has 0 aliphatic heterocycles. The fourth-order valence-electron chi connectivity index (χ4n) is 1.61. The number of carbonyl (C=O) groups excluding carboxylic acids is 1. The molecular weight excluding hydrogens is 498 g/mol. The first kappa shape index (κ1) is 33.4. The summed E-state index contributed by atoms with van der Waals surface area (Å²) in [6, 6.07) is 0. The molecule has 0 heterocycles. The van der Waals surface area contributed by atoms with Gasteiger partial charge in [0, 0.05) is 6.54 Å². The van der Waals surface area contributed by atoms with Crippen LogP contribution in [-0.2, 0) is 4.79 Å². The number of hydrogen-bond acceptors (Lipinski definition) is 1. The lowest BCUT2D eigenvalue weighted by molar-refractivity contribution is -0.121. The van der Waals surface area contributed by atoms with Crippen LogP contribution >= 0.6 is 0 Å². The van der Waals surface area contributed by atoms with Crippen LogP contribution in [0.2, 0.25) is 0 Å². The molecule has 0 aliphatic carbocycles. The van der Waals surface area contributed by atoms with Crippen LogP contribution in [0.1, 0.15) is 27.2 Å². The van der Waals surface area contributed by atoms with E-state index in [1.54, 1.807) is 13.8 Å². The van der Waals surface area contributed by atoms with Gasteiger partial charge in [-0.3, -0.25) is 4.79 Å². The molecule has 0 spiro atoms. The Balaban J connectivity index is 5.22. The molecule has 0 aromatic heterocycles. The third-order valence-corrected chi connectivity index (χ3v) is 3.12. The Morgan fingerprint density at radius 1 is 0.439 bits per heavy atom. The second-order valence-electron chi connectivity index (χ2n) is 6.01. The van der Waals surface area contributed by atoms with E-state index in [1.807, 2.05) is 6.92 Å². The number of amides is 1. The van der Waals surface area contributed by atoms with Crippen molar-refractivity contribution in [3.8, 4) is 189 Å². The minimum Gasteiger partial charge on any atom is -0.354 e. The highest BCUT2D eigenvalue weighted by Gasteiger charge is 2.11. The summed E-state index contributed by atoms with van der Waals surface area (Å²) in [5, 5.41) is 2.73. The van der Waals surface area contributed by atoms with Crippen LogP contribution in [0.3, 0.4) is 0 Å². The number of carbonyl (C=O) groups is 1. The zero-order valence-electron chi connectivity index (χ0n) is 22.4. The number of nitrogens with one attached hydrogen (secondary N) is 1. The van der Waals surface area contributed by atoms with Crippen LogP contribution in [-0.4, -0.2) is 12.5 Å². The van der Waals surface area contributed by atoms with Crippen LogP contribution in [0.25, 0.3) is 0 Å². The summed E-state index contributed by atoms with van der Waals surface area (Å²) in [5.74, 6) is 79.9. The van der Waals surface area contributed by atoms with E-state index in [1.165, 1.54) is 0 Å². The molecule has 2 heteroatoms. The molecule has 0 saturated carbocycles. The summed E-state index contributed by atoms with van der Waals surface area (Å²) in [6.07, 6.45) is 0.768. The Morgan fingerprint density at radius 2 is 0.683 bits per heavy atom. The predicted molar refractivity (Wildman–Crippen MR) is 163 cm³/mol. The van der Waals surface area contributed by atoms with E-state index in [9.17, 15) is 4.79 Å². The molecule has 0 aromatic rings. The molecule has 1 N–H and O–H groups in total. The van der Waals surface area contributed by atoms with Crippen molar-refractivity contribution in [1.82, 2.24) is 5.32 Å². The average molecular weight is 514 g/mol. The molecule has 0 fully saturated rings. The molecule has 0 aromatic carbocycles. The van der Waals surface area contributed by atoms with Crippen LogP contribution < -0.4 is 5.32 Å². The molecule has 0 unspecified atom stereocenters. The highest BCUT2D eigenvalue weighted by atomic mass is 16.1. The second-order valence-corrected chi connectivity index (χ2v) is 6.01. The fraction of sp³-hybridized carbons (Fsp3) is 0.154. The van der Waals surface area contributed by atoms with Gasteiger partial charge in [-0.05, 0) is 186 Å². The third kappa shape index (κ3) is 25.3. The smallest absolute Gasteiger partial charge is 0.247 e. The van der Waals surface area contributed by atoms with Crippen molar-refractivity contribution < 1.29 is 4.79 Å². The Bertz CT molecular complexity index is 1910. The maximum atomic E-state index is 12.3. The normalized spacial score (nSPS) is 5.27. The fourth-order valence-corrected chi connectivity index (χ4v) is 1.61. The van der Waals surface area contributed by atoms with Crippen molar-refractivity contribution in [2.75, 3.05) is 6.54 Å². The zero-order chi connectivity index (χ0) is 29.9. The molecule has 182 valence electrons. The standard InChI is InChI=1S/C39H15NO/c1-4-7-9-11-13-15-17-19-21-23-25-27-29-31-33-35-38(39(41)40-37-6-3)36-34-32-30-28-26-24-22-20-18-16-14-12-10-8-5-2/h38H,6,37H2,1-3H3,(H,40,41). The van der Waals surface area contributed by atoms with E-state index < -0.39 is 5.92 Å². The first-order valence-corrected chi connectivity index (χ1v) is 11.4. The van der Waals surface area contributed by atoms with E-state index in [0.717, 1.165) is 6.42 Å². The summed E-state index contributed by atoms with van der Waals surface area (Å²) >= 11 is 0. The summed E-state index contributed by atoms with van der Waals surface area (Å²) in [4.78, 5) is 12.3. The lowest BCUT2D eigenvalue weighted by Crippen LogP contribution is -2.29. The number of hydrogen-bond donors (Lipinski definition) is 1. The van der Waals surface area contributed by atoms with Gasteiger partial charge in [-0.15, -0.1) is 0 Å². The summed E-state index contributed by atoms with van der Waals surface area (Å²) in [6.45, 7) is 5.80. The monoisotopic (exact) mass is 513 g/mol. The predicted octanol–water partition coefficient (Wildman–Crippen LogP) is 1.22. The summed E-state index contributed by atoms with van der Waals surface area (Å²) in [5.41, 5.74) is 0. The average Bonchev–Trinajstić information content (AvgIpc) is 2.98. The van der Waals surface area contributed by atoms with Crippen LogP contribution in [0.5, 0.6) is 0 Å². The highest BCUT2D eigenvalue weighted by Crippen LogP contribution is 1.92. The van der Waals surface area contributed by atoms with Gasteiger partial charge in [0.25, 0.3) is 0 Å². The van der Waals surface area contributed by atoms with Crippen molar-refractivity contribution in [3.05, 3.63) is 0 Å². The van der Waals surface area contributed by atoms with Crippen LogP contribution in [0.4, 0.5) is 0 Å². The van der Waals surface area contributed by atoms with Gasteiger partial charge in [0.15, 0.2) is 5.92 Å². The van der Waals surface area contributed by atoms with Crippen LogP contribution in [0.15, 0.2) is 0 Å². The van der Waals surface area contributed by atoms with Crippen molar-refractivity contribution in [2.24, 2.45) is 5.92 Å². The topological polar surface area (TPSA) is 29.1 Å². The van der Waals surface area contributed by atoms with Gasteiger partial charge in [-0.1, -0.05) is 30.6 Å². The van der Waals surface area contributed by atoms with Gasteiger partial charge in [0.2, 0.25) is 5.91 Å². The first-order chi connectivity index (χ1) is 20.3. The molecule has 0 bridgehead atoms. The lowest BCUT2D eigenvalue weighted by Gasteiger charge is -2.03. The minimum atomic E-state index is -0.921. The maximum Gasteiger partial charge on any atom is 0.247 e. The maximum absolute atomic E-state index is 12.3. The van der Waals surface area contributed by atoms with Gasteiger partial charge >= 0.3 is 0 Å². The van der Waals surface area contributed by atoms with Crippen molar-refractivity contribution in [3.63, 3.8) is 0 Å². The molecule has 2 nitrogen and oxygen atoms in total. The molecular formula is C39H15NO. The Labute approximate surface area is 244 Å². The Kier molecular flexibility index (Phi) is 23.4. The lowest BCUT2D eigenvalue weighted by atomic mass is 10.1. The van der Waals surface area contributed by atoms with E-state index >= 15 is 0 Å². The van der Waals surface area contributed by atoms with Gasteiger partial charge in [0.05, 0.1) is 0 Å².